The number of benzene rings is 1. The zero-order valence-corrected chi connectivity index (χ0v) is 9.89. The number of nitrogens with zero attached hydrogens (tertiary/aromatic N) is 3. The van der Waals surface area contributed by atoms with Crippen LogP contribution in [0.3, 0.4) is 0 Å². The monoisotopic (exact) mass is 261 g/mol. The lowest BCUT2D eigenvalue weighted by molar-refractivity contribution is -0.385. The van der Waals surface area contributed by atoms with Crippen LogP contribution in [-0.2, 0) is 13.0 Å². The van der Waals surface area contributed by atoms with E-state index in [9.17, 15) is 14.9 Å². The Kier molecular flexibility index (Phi) is 3.56. The average molecular weight is 261 g/mol. The van der Waals surface area contributed by atoms with Gasteiger partial charge in [0.25, 0.3) is 5.69 Å². The van der Waals surface area contributed by atoms with Gasteiger partial charge in [-0.3, -0.25) is 10.1 Å². The summed E-state index contributed by atoms with van der Waals surface area (Å²) in [5.74, 6) is -1.09. The Balaban J connectivity index is 2.10. The van der Waals surface area contributed by atoms with E-state index in [1.807, 2.05) is 0 Å². The highest BCUT2D eigenvalue weighted by Crippen LogP contribution is 2.18. The molecule has 2 rings (SSSR count). The summed E-state index contributed by atoms with van der Waals surface area (Å²) in [6, 6.07) is 6.49. The third kappa shape index (κ3) is 2.95. The summed E-state index contributed by atoms with van der Waals surface area (Å²) < 4.78 is 1.60. The molecular weight excluding hydrogens is 250 g/mol. The minimum Gasteiger partial charge on any atom is -0.476 e. The molecule has 1 aromatic carbocycles. The molecule has 7 heteroatoms. The molecule has 0 aliphatic rings. The fraction of sp³-hybridized carbons (Fsp3) is 0.167. The predicted octanol–water partition coefficient (Wildman–Crippen LogP) is 1.73. The molecule has 0 atom stereocenters. The van der Waals surface area contributed by atoms with Gasteiger partial charge in [-0.15, -0.1) is 0 Å². The molecule has 0 radical (unpaired) electrons. The molecule has 98 valence electrons. The third-order valence-corrected chi connectivity index (χ3v) is 2.68. The zero-order chi connectivity index (χ0) is 13.8. The average Bonchev–Trinajstić information content (AvgIpc) is 2.85. The van der Waals surface area contributed by atoms with Crippen molar-refractivity contribution in [3.8, 4) is 0 Å². The van der Waals surface area contributed by atoms with E-state index in [1.165, 1.54) is 18.6 Å². The molecule has 0 saturated heterocycles. The second-order valence-electron chi connectivity index (χ2n) is 3.94. The Morgan fingerprint density at radius 2 is 2.16 bits per heavy atom. The Morgan fingerprint density at radius 3 is 2.79 bits per heavy atom. The molecule has 0 fully saturated rings. The first-order valence-electron chi connectivity index (χ1n) is 5.55. The van der Waals surface area contributed by atoms with Crippen LogP contribution < -0.4 is 0 Å². The van der Waals surface area contributed by atoms with E-state index in [0.717, 1.165) is 0 Å². The van der Waals surface area contributed by atoms with Crippen LogP contribution in [0.1, 0.15) is 16.1 Å². The molecule has 0 aliphatic heterocycles. The minimum atomic E-state index is -1.09. The Bertz CT molecular complexity index is 621. The van der Waals surface area contributed by atoms with Crippen LogP contribution in [0.25, 0.3) is 0 Å². The molecule has 1 heterocycles. The topological polar surface area (TPSA) is 98.3 Å². The van der Waals surface area contributed by atoms with Gasteiger partial charge in [0, 0.05) is 24.4 Å². The maximum Gasteiger partial charge on any atom is 0.356 e. The number of hydrogen-bond donors (Lipinski definition) is 1. The van der Waals surface area contributed by atoms with Crippen LogP contribution in [0.15, 0.2) is 36.8 Å². The van der Waals surface area contributed by atoms with Crippen molar-refractivity contribution in [1.82, 2.24) is 9.55 Å². The van der Waals surface area contributed by atoms with Gasteiger partial charge in [0.1, 0.15) is 0 Å². The van der Waals surface area contributed by atoms with Gasteiger partial charge in [-0.05, 0) is 6.42 Å². The summed E-state index contributed by atoms with van der Waals surface area (Å²) in [5, 5.41) is 19.6. The summed E-state index contributed by atoms with van der Waals surface area (Å²) in [7, 11) is 0. The number of aromatic carboxylic acids is 1. The maximum atomic E-state index is 10.8. The quantitative estimate of drug-likeness (QED) is 0.652. The number of imidazole rings is 1. The number of aryl methyl sites for hydroxylation is 2. The summed E-state index contributed by atoms with van der Waals surface area (Å²) >= 11 is 0. The number of carbonyl (C=O) groups is 1. The van der Waals surface area contributed by atoms with Crippen LogP contribution >= 0.6 is 0 Å². The lowest BCUT2D eigenvalue weighted by Crippen LogP contribution is -2.02. The first kappa shape index (κ1) is 12.7. The van der Waals surface area contributed by atoms with E-state index in [4.69, 9.17) is 5.11 Å². The van der Waals surface area contributed by atoms with E-state index >= 15 is 0 Å². The molecule has 0 aliphatic carbocycles. The number of carboxylic acid groups (broad SMARTS) is 1. The van der Waals surface area contributed by atoms with E-state index in [2.05, 4.69) is 4.98 Å². The van der Waals surface area contributed by atoms with E-state index in [-0.39, 0.29) is 11.4 Å². The van der Waals surface area contributed by atoms with Gasteiger partial charge in [0.2, 0.25) is 0 Å². The third-order valence-electron chi connectivity index (χ3n) is 2.68. The standard InChI is InChI=1S/C12H11N3O4/c16-12(17)10-7-14(8-13-10)6-5-9-3-1-2-4-11(9)15(18)19/h1-4,7-8H,5-6H2,(H,16,17). The lowest BCUT2D eigenvalue weighted by Gasteiger charge is -2.03. The van der Waals surface area contributed by atoms with Crippen LogP contribution in [0, 0.1) is 10.1 Å². The van der Waals surface area contributed by atoms with Crippen LogP contribution in [0.4, 0.5) is 5.69 Å². The van der Waals surface area contributed by atoms with Crippen molar-refractivity contribution in [2.24, 2.45) is 0 Å². The molecule has 0 spiro atoms. The maximum absolute atomic E-state index is 10.8. The molecular formula is C12H11N3O4. The fourth-order valence-electron chi connectivity index (χ4n) is 1.74. The van der Waals surface area contributed by atoms with Gasteiger partial charge in [0.15, 0.2) is 5.69 Å². The molecule has 0 saturated carbocycles. The zero-order valence-electron chi connectivity index (χ0n) is 9.89. The smallest absolute Gasteiger partial charge is 0.356 e. The SMILES string of the molecule is O=C(O)c1cn(CCc2ccccc2[N+](=O)[O-])cn1. The minimum absolute atomic E-state index is 0.0393. The summed E-state index contributed by atoms with van der Waals surface area (Å²) in [6.07, 6.45) is 3.24. The van der Waals surface area contributed by atoms with Crippen LogP contribution in [-0.4, -0.2) is 25.6 Å². The van der Waals surface area contributed by atoms with Crippen molar-refractivity contribution in [3.05, 3.63) is 58.2 Å². The largest absolute Gasteiger partial charge is 0.476 e. The number of aromatic nitrogens is 2. The second-order valence-corrected chi connectivity index (χ2v) is 3.94. The molecule has 1 N–H and O–H groups in total. The first-order chi connectivity index (χ1) is 9.08. The second kappa shape index (κ2) is 5.30. The number of rotatable bonds is 5. The number of carboxylic acids is 1. The molecule has 0 bridgehead atoms. The Labute approximate surface area is 108 Å². The number of para-hydroxylation sites is 1. The summed E-state index contributed by atoms with van der Waals surface area (Å²) in [6.45, 7) is 0.436. The van der Waals surface area contributed by atoms with Gasteiger partial charge in [0.05, 0.1) is 11.3 Å². The van der Waals surface area contributed by atoms with Gasteiger partial charge in [-0.1, -0.05) is 18.2 Å². The highest BCUT2D eigenvalue weighted by atomic mass is 16.6. The van der Waals surface area contributed by atoms with Gasteiger partial charge in [-0.2, -0.15) is 0 Å². The normalized spacial score (nSPS) is 10.3. The van der Waals surface area contributed by atoms with E-state index in [0.29, 0.717) is 18.5 Å². The fourth-order valence-corrected chi connectivity index (χ4v) is 1.74. The molecule has 7 nitrogen and oxygen atoms in total. The van der Waals surface area contributed by atoms with Crippen molar-refractivity contribution in [2.45, 2.75) is 13.0 Å². The van der Waals surface area contributed by atoms with Crippen molar-refractivity contribution in [1.29, 1.82) is 0 Å². The van der Waals surface area contributed by atoms with Crippen LogP contribution in [0.5, 0.6) is 0 Å². The predicted molar refractivity (Wildman–Crippen MR) is 66.0 cm³/mol. The number of nitro groups is 1. The lowest BCUT2D eigenvalue weighted by atomic mass is 10.1. The van der Waals surface area contributed by atoms with Crippen molar-refractivity contribution in [3.63, 3.8) is 0 Å². The van der Waals surface area contributed by atoms with Gasteiger partial charge in [-0.25, -0.2) is 9.78 Å². The summed E-state index contributed by atoms with van der Waals surface area (Å²) in [5.41, 5.74) is 0.640. The molecule has 0 unspecified atom stereocenters. The van der Waals surface area contributed by atoms with Crippen molar-refractivity contribution < 1.29 is 14.8 Å². The summed E-state index contributed by atoms with van der Waals surface area (Å²) in [4.78, 5) is 24.8. The van der Waals surface area contributed by atoms with Gasteiger partial charge >= 0.3 is 5.97 Å². The number of hydrogen-bond acceptors (Lipinski definition) is 4. The highest BCUT2D eigenvalue weighted by Gasteiger charge is 2.12. The van der Waals surface area contributed by atoms with Gasteiger partial charge < -0.3 is 9.67 Å². The van der Waals surface area contributed by atoms with E-state index < -0.39 is 10.9 Å². The highest BCUT2D eigenvalue weighted by molar-refractivity contribution is 5.84. The molecule has 0 amide bonds. The first-order valence-corrected chi connectivity index (χ1v) is 5.55. The van der Waals surface area contributed by atoms with Crippen molar-refractivity contribution >= 4 is 11.7 Å². The van der Waals surface area contributed by atoms with Crippen LogP contribution in [0.2, 0.25) is 0 Å². The number of nitro benzene ring substituents is 1. The molecule has 19 heavy (non-hydrogen) atoms. The molecule has 1 aromatic heterocycles. The molecule has 2 aromatic rings. The van der Waals surface area contributed by atoms with Crippen molar-refractivity contribution in [2.75, 3.05) is 0 Å². The Hall–Kier alpha value is -2.70. The van der Waals surface area contributed by atoms with E-state index in [1.54, 1.807) is 22.8 Å². The Morgan fingerprint density at radius 1 is 1.42 bits per heavy atom.